The molecule has 0 aromatic heterocycles. The van der Waals surface area contributed by atoms with Crippen LogP contribution in [0.4, 0.5) is 0 Å². The molecule has 264 valence electrons. The van der Waals surface area contributed by atoms with Crippen molar-refractivity contribution in [3.63, 3.8) is 0 Å². The lowest BCUT2D eigenvalue weighted by atomic mass is 9.98. The molecule has 45 heavy (non-hydrogen) atoms. The van der Waals surface area contributed by atoms with Crippen molar-refractivity contribution in [2.75, 3.05) is 33.0 Å². The van der Waals surface area contributed by atoms with Crippen molar-refractivity contribution in [2.45, 2.75) is 116 Å². The van der Waals surface area contributed by atoms with Crippen LogP contribution in [0.15, 0.2) is 0 Å². The second-order valence-corrected chi connectivity index (χ2v) is 11.3. The van der Waals surface area contributed by atoms with Gasteiger partial charge in [0.05, 0.1) is 26.4 Å². The predicted molar refractivity (Wildman–Crippen MR) is 134 cm³/mol. The highest BCUT2D eigenvalue weighted by Crippen LogP contribution is 2.36. The zero-order valence-electron chi connectivity index (χ0n) is 23.5. The van der Waals surface area contributed by atoms with Crippen LogP contribution >= 0.6 is 0 Å². The smallest absolute Gasteiger partial charge is 0.224 e. The standard InChI is InChI=1S/C24H42O21/c25-1-6-10(28)14(32)17(35)21(41-6)39-3-8-11(29)15(33)18(36)22(42-8)40-4-9-12(30)16(34)19(37)23(43-9)45-24(5-27)20(38)13(31)7(2-26)44-24/h6-23,25-38H,1-5H2/t6-,7-,8-,9-,10-,11+,12-,13-,14+,15+,16+,17-,18-,19-,20+,21+,22+,23-,24+/m1/s1. The molecule has 19 atom stereocenters. The summed E-state index contributed by atoms with van der Waals surface area (Å²) in [6, 6.07) is 0. The zero-order valence-corrected chi connectivity index (χ0v) is 23.5. The molecule has 4 aliphatic rings. The van der Waals surface area contributed by atoms with E-state index < -0.39 is 149 Å². The van der Waals surface area contributed by atoms with Crippen LogP contribution in [0.2, 0.25) is 0 Å². The van der Waals surface area contributed by atoms with E-state index in [0.717, 1.165) is 0 Å². The number of aliphatic hydroxyl groups is 14. The van der Waals surface area contributed by atoms with Crippen molar-refractivity contribution in [3.8, 4) is 0 Å². The lowest BCUT2D eigenvalue weighted by molar-refractivity contribution is -0.388. The van der Waals surface area contributed by atoms with Gasteiger partial charge in [-0.3, -0.25) is 0 Å². The van der Waals surface area contributed by atoms with E-state index in [4.69, 9.17) is 33.2 Å². The normalized spacial score (nSPS) is 52.7. The Morgan fingerprint density at radius 2 is 0.844 bits per heavy atom. The van der Waals surface area contributed by atoms with E-state index in [1.807, 2.05) is 0 Å². The molecule has 0 aliphatic carbocycles. The topological polar surface area (TPSA) is 348 Å². The van der Waals surface area contributed by atoms with Gasteiger partial charge in [0.1, 0.15) is 98.2 Å². The fraction of sp³-hybridized carbons (Fsp3) is 1.00. The van der Waals surface area contributed by atoms with Gasteiger partial charge in [0.2, 0.25) is 5.79 Å². The molecule has 14 N–H and O–H groups in total. The molecule has 0 aromatic rings. The van der Waals surface area contributed by atoms with Crippen LogP contribution < -0.4 is 0 Å². The Balaban J connectivity index is 1.39. The van der Waals surface area contributed by atoms with Gasteiger partial charge in [-0.1, -0.05) is 0 Å². The Labute approximate surface area is 254 Å². The van der Waals surface area contributed by atoms with E-state index in [0.29, 0.717) is 0 Å². The molecular weight excluding hydrogens is 624 g/mol. The molecule has 4 heterocycles. The highest BCUT2D eigenvalue weighted by atomic mass is 16.8. The summed E-state index contributed by atoms with van der Waals surface area (Å²) < 4.78 is 37.6. The summed E-state index contributed by atoms with van der Waals surface area (Å²) >= 11 is 0. The fourth-order valence-corrected chi connectivity index (χ4v) is 5.39. The molecule has 0 spiro atoms. The van der Waals surface area contributed by atoms with Crippen LogP contribution in [-0.4, -0.2) is 221 Å². The van der Waals surface area contributed by atoms with Gasteiger partial charge in [0.15, 0.2) is 18.9 Å². The first-order chi connectivity index (χ1) is 21.2. The van der Waals surface area contributed by atoms with Crippen molar-refractivity contribution in [1.82, 2.24) is 0 Å². The Morgan fingerprint density at radius 1 is 0.444 bits per heavy atom. The van der Waals surface area contributed by atoms with Crippen LogP contribution in [0.3, 0.4) is 0 Å². The summed E-state index contributed by atoms with van der Waals surface area (Å²) in [7, 11) is 0. The fourth-order valence-electron chi connectivity index (χ4n) is 5.39. The summed E-state index contributed by atoms with van der Waals surface area (Å²) in [5.74, 6) is -2.43. The van der Waals surface area contributed by atoms with Crippen molar-refractivity contribution < 1.29 is 105 Å². The summed E-state index contributed by atoms with van der Waals surface area (Å²) in [5, 5.41) is 141. The predicted octanol–water partition coefficient (Wildman–Crippen LogP) is -9.75. The molecule has 0 bridgehead atoms. The number of aliphatic hydroxyl groups excluding tert-OH is 14. The maximum atomic E-state index is 10.5. The quantitative estimate of drug-likeness (QED) is 0.0973. The molecule has 21 nitrogen and oxygen atoms in total. The van der Waals surface area contributed by atoms with Crippen molar-refractivity contribution in [1.29, 1.82) is 0 Å². The van der Waals surface area contributed by atoms with E-state index in [9.17, 15) is 71.5 Å². The summed E-state index contributed by atoms with van der Waals surface area (Å²) in [4.78, 5) is 0. The maximum absolute atomic E-state index is 10.5. The van der Waals surface area contributed by atoms with Crippen LogP contribution in [0.5, 0.6) is 0 Å². The van der Waals surface area contributed by atoms with Crippen molar-refractivity contribution in [3.05, 3.63) is 0 Å². The Hall–Kier alpha value is -0.840. The maximum Gasteiger partial charge on any atom is 0.224 e. The van der Waals surface area contributed by atoms with Gasteiger partial charge in [-0.05, 0) is 0 Å². The summed E-state index contributed by atoms with van der Waals surface area (Å²) in [6.07, 6.45) is -31.4. The SMILES string of the molecule is OC[C@H]1O[C@@](CO)(O[C@H]2O[C@H](CO[C@H]3O[C@H](CO[C@H]4O[C@H](CO)[C@@H](O)[C@H](O)[C@H]4O)[C@H](O)[C@H](O)[C@H]3O)[C@@H](O)[C@H](O)[C@H]2O)[C@@H](O)[C@@H]1O. The van der Waals surface area contributed by atoms with E-state index in [1.54, 1.807) is 0 Å². The minimum Gasteiger partial charge on any atom is -0.394 e. The van der Waals surface area contributed by atoms with Crippen LogP contribution in [0.1, 0.15) is 0 Å². The molecule has 4 aliphatic heterocycles. The van der Waals surface area contributed by atoms with Crippen LogP contribution in [0.25, 0.3) is 0 Å². The second kappa shape index (κ2) is 15.1. The average Bonchev–Trinajstić information content (AvgIpc) is 3.28. The van der Waals surface area contributed by atoms with Crippen LogP contribution in [-0.2, 0) is 33.2 Å². The van der Waals surface area contributed by atoms with Gasteiger partial charge in [-0.2, -0.15) is 0 Å². The number of ether oxygens (including phenoxy) is 7. The van der Waals surface area contributed by atoms with Gasteiger partial charge < -0.3 is 105 Å². The first-order valence-electron chi connectivity index (χ1n) is 14.1. The van der Waals surface area contributed by atoms with E-state index >= 15 is 0 Å². The van der Waals surface area contributed by atoms with Gasteiger partial charge in [0.25, 0.3) is 0 Å². The lowest BCUT2D eigenvalue weighted by Gasteiger charge is -2.45. The van der Waals surface area contributed by atoms with E-state index in [-0.39, 0.29) is 0 Å². The molecular formula is C24H42O21. The first-order valence-corrected chi connectivity index (χ1v) is 14.1. The van der Waals surface area contributed by atoms with E-state index in [1.165, 1.54) is 0 Å². The van der Waals surface area contributed by atoms with Crippen molar-refractivity contribution >= 4 is 0 Å². The third-order valence-electron chi connectivity index (χ3n) is 8.26. The Bertz CT molecular complexity index is 931. The molecule has 21 heteroatoms. The van der Waals surface area contributed by atoms with Gasteiger partial charge in [-0.25, -0.2) is 0 Å². The van der Waals surface area contributed by atoms with Gasteiger partial charge in [-0.15, -0.1) is 0 Å². The Kier molecular flexibility index (Phi) is 12.5. The largest absolute Gasteiger partial charge is 0.394 e. The second-order valence-electron chi connectivity index (χ2n) is 11.3. The molecule has 4 fully saturated rings. The molecule has 0 unspecified atom stereocenters. The molecule has 0 aromatic carbocycles. The first kappa shape index (κ1) is 37.0. The average molecular weight is 667 g/mol. The summed E-state index contributed by atoms with van der Waals surface area (Å²) in [6.45, 7) is -4.02. The minimum absolute atomic E-state index is 0.650. The van der Waals surface area contributed by atoms with Gasteiger partial charge >= 0.3 is 0 Å². The van der Waals surface area contributed by atoms with Crippen LogP contribution in [0, 0.1) is 0 Å². The molecule has 0 radical (unpaired) electrons. The highest BCUT2D eigenvalue weighted by Gasteiger charge is 2.58. The highest BCUT2D eigenvalue weighted by molar-refractivity contribution is 4.99. The number of hydrogen-bond donors (Lipinski definition) is 14. The Morgan fingerprint density at radius 3 is 1.27 bits per heavy atom. The third-order valence-corrected chi connectivity index (χ3v) is 8.26. The summed E-state index contributed by atoms with van der Waals surface area (Å²) in [5.41, 5.74) is 0. The monoisotopic (exact) mass is 666 g/mol. The van der Waals surface area contributed by atoms with Gasteiger partial charge in [0, 0.05) is 0 Å². The lowest BCUT2D eigenvalue weighted by Crippen LogP contribution is -2.64. The molecule has 0 amide bonds. The van der Waals surface area contributed by atoms with E-state index in [2.05, 4.69) is 0 Å². The third kappa shape index (κ3) is 7.29. The molecule has 4 rings (SSSR count). The number of rotatable bonds is 11. The molecule has 0 saturated carbocycles. The number of hydrogen-bond acceptors (Lipinski definition) is 21. The zero-order chi connectivity index (χ0) is 33.4. The molecule has 4 saturated heterocycles. The van der Waals surface area contributed by atoms with Crippen molar-refractivity contribution in [2.24, 2.45) is 0 Å². The minimum atomic E-state index is -2.43.